The molecule has 2 rings (SSSR count). The molecule has 0 N–H and O–H groups in total. The summed E-state index contributed by atoms with van der Waals surface area (Å²) in [5.74, 6) is 0.507. The molecule has 2 nitrogen and oxygen atoms in total. The van der Waals surface area contributed by atoms with Crippen LogP contribution in [0.2, 0.25) is 5.02 Å². The predicted molar refractivity (Wildman–Crippen MR) is 77.1 cm³/mol. The minimum Gasteiger partial charge on any atom is -0.488 e. The first kappa shape index (κ1) is 13.2. The molecule has 0 aromatic heterocycles. The van der Waals surface area contributed by atoms with Crippen LogP contribution in [0.15, 0.2) is 54.6 Å². The minimum absolute atomic E-state index is 0.372. The van der Waals surface area contributed by atoms with E-state index in [1.165, 1.54) is 0 Å². The molecule has 0 aliphatic heterocycles. The van der Waals surface area contributed by atoms with Crippen molar-refractivity contribution in [3.63, 3.8) is 0 Å². The Morgan fingerprint density at radius 2 is 1.89 bits per heavy atom. The molecule has 0 fully saturated rings. The van der Waals surface area contributed by atoms with E-state index in [0.29, 0.717) is 22.9 Å². The molecule has 0 aliphatic rings. The van der Waals surface area contributed by atoms with Crippen LogP contribution < -0.4 is 4.74 Å². The molecule has 0 saturated heterocycles. The van der Waals surface area contributed by atoms with Crippen LogP contribution in [-0.4, -0.2) is 6.61 Å². The maximum Gasteiger partial charge on any atom is 0.139 e. The Hall–Kier alpha value is -2.24. The van der Waals surface area contributed by atoms with Gasteiger partial charge in [-0.1, -0.05) is 54.1 Å². The number of nitrogens with zero attached hydrogens (tertiary/aromatic N) is 1. The van der Waals surface area contributed by atoms with E-state index in [0.717, 1.165) is 5.56 Å². The first-order chi connectivity index (χ1) is 9.31. The number of hydrogen-bond donors (Lipinski definition) is 0. The summed E-state index contributed by atoms with van der Waals surface area (Å²) in [7, 11) is 0. The number of rotatable bonds is 4. The van der Waals surface area contributed by atoms with Gasteiger partial charge in [0.05, 0.1) is 5.02 Å². The third-order valence-electron chi connectivity index (χ3n) is 2.53. The van der Waals surface area contributed by atoms with Gasteiger partial charge in [-0.05, 0) is 23.8 Å². The van der Waals surface area contributed by atoms with E-state index in [1.807, 2.05) is 48.6 Å². The average molecular weight is 270 g/mol. The van der Waals surface area contributed by atoms with E-state index < -0.39 is 0 Å². The maximum absolute atomic E-state index is 9.00. The maximum atomic E-state index is 9.00. The lowest BCUT2D eigenvalue weighted by Crippen LogP contribution is -1.96. The largest absolute Gasteiger partial charge is 0.488 e. The predicted octanol–water partition coefficient (Wildman–Crippen LogP) is 4.30. The number of halogens is 1. The van der Waals surface area contributed by atoms with Gasteiger partial charge in [0.1, 0.15) is 24.0 Å². The number of benzene rings is 2. The molecule has 19 heavy (non-hydrogen) atoms. The first-order valence-corrected chi connectivity index (χ1v) is 6.22. The second-order valence-electron chi connectivity index (χ2n) is 3.85. The van der Waals surface area contributed by atoms with Crippen molar-refractivity contribution in [2.24, 2.45) is 0 Å². The summed E-state index contributed by atoms with van der Waals surface area (Å²) in [4.78, 5) is 0. The molecule has 0 amide bonds. The number of hydrogen-bond acceptors (Lipinski definition) is 2. The summed E-state index contributed by atoms with van der Waals surface area (Å²) >= 11 is 5.92. The molecule has 0 saturated carbocycles. The zero-order chi connectivity index (χ0) is 13.5. The van der Waals surface area contributed by atoms with Crippen molar-refractivity contribution >= 4 is 17.7 Å². The van der Waals surface area contributed by atoms with Gasteiger partial charge >= 0.3 is 0 Å². The van der Waals surface area contributed by atoms with Gasteiger partial charge in [0.15, 0.2) is 0 Å². The lowest BCUT2D eigenvalue weighted by molar-refractivity contribution is 0.362. The van der Waals surface area contributed by atoms with Crippen LogP contribution in [-0.2, 0) is 0 Å². The lowest BCUT2D eigenvalue weighted by Gasteiger charge is -2.05. The van der Waals surface area contributed by atoms with Crippen LogP contribution in [0.25, 0.3) is 6.08 Å². The van der Waals surface area contributed by atoms with Gasteiger partial charge in [-0.15, -0.1) is 0 Å². The summed E-state index contributed by atoms with van der Waals surface area (Å²) in [5.41, 5.74) is 1.48. The van der Waals surface area contributed by atoms with Crippen LogP contribution in [0, 0.1) is 11.3 Å². The average Bonchev–Trinajstić information content (AvgIpc) is 2.45. The molecule has 0 atom stereocenters. The normalized spacial score (nSPS) is 10.3. The third kappa shape index (κ3) is 3.61. The van der Waals surface area contributed by atoms with Crippen LogP contribution in [0.5, 0.6) is 5.75 Å². The molecule has 94 valence electrons. The molecule has 0 spiro atoms. The smallest absolute Gasteiger partial charge is 0.139 e. The molecule has 0 unspecified atom stereocenters. The Labute approximate surface area is 117 Å². The van der Waals surface area contributed by atoms with Crippen molar-refractivity contribution in [3.8, 4) is 11.8 Å². The van der Waals surface area contributed by atoms with Gasteiger partial charge in [0, 0.05) is 0 Å². The fraction of sp³-hybridized carbons (Fsp3) is 0.0625. The van der Waals surface area contributed by atoms with Crippen molar-refractivity contribution in [2.75, 3.05) is 6.61 Å². The fourth-order valence-electron chi connectivity index (χ4n) is 1.62. The van der Waals surface area contributed by atoms with E-state index >= 15 is 0 Å². The van der Waals surface area contributed by atoms with Gasteiger partial charge < -0.3 is 4.74 Å². The Kier molecular flexibility index (Phi) is 4.60. The second-order valence-corrected chi connectivity index (χ2v) is 4.26. The Morgan fingerprint density at radius 3 is 2.63 bits per heavy atom. The van der Waals surface area contributed by atoms with Crippen molar-refractivity contribution in [1.82, 2.24) is 0 Å². The van der Waals surface area contributed by atoms with Crippen LogP contribution in [0.3, 0.4) is 0 Å². The van der Waals surface area contributed by atoms with Gasteiger partial charge in [-0.25, -0.2) is 0 Å². The standard InChI is InChI=1S/C16H12ClNO/c17-15-9-4-10-16(14(15)12-18)19-11-5-8-13-6-2-1-3-7-13/h1-10H,11H2. The van der Waals surface area contributed by atoms with Crippen molar-refractivity contribution < 1.29 is 4.74 Å². The quantitative estimate of drug-likeness (QED) is 0.829. The summed E-state index contributed by atoms with van der Waals surface area (Å²) in [6.45, 7) is 0.393. The van der Waals surface area contributed by atoms with Crippen molar-refractivity contribution in [2.45, 2.75) is 0 Å². The highest BCUT2D eigenvalue weighted by Gasteiger charge is 2.06. The van der Waals surface area contributed by atoms with E-state index in [4.69, 9.17) is 21.6 Å². The van der Waals surface area contributed by atoms with Crippen molar-refractivity contribution in [1.29, 1.82) is 5.26 Å². The summed E-state index contributed by atoms with van der Waals surface area (Å²) < 4.78 is 5.54. The van der Waals surface area contributed by atoms with Crippen LogP contribution >= 0.6 is 11.6 Å². The monoisotopic (exact) mass is 269 g/mol. The van der Waals surface area contributed by atoms with Crippen molar-refractivity contribution in [3.05, 3.63) is 70.8 Å². The minimum atomic E-state index is 0.372. The molecule has 3 heteroatoms. The van der Waals surface area contributed by atoms with E-state index in [-0.39, 0.29) is 0 Å². The fourth-order valence-corrected chi connectivity index (χ4v) is 1.83. The summed E-state index contributed by atoms with van der Waals surface area (Å²) in [5, 5.41) is 9.41. The molecule has 0 radical (unpaired) electrons. The zero-order valence-electron chi connectivity index (χ0n) is 10.2. The molecular formula is C16H12ClNO. The van der Waals surface area contributed by atoms with Crippen LogP contribution in [0.4, 0.5) is 0 Å². The molecule has 0 bridgehead atoms. The first-order valence-electron chi connectivity index (χ1n) is 5.84. The van der Waals surface area contributed by atoms with Gasteiger partial charge in [-0.3, -0.25) is 0 Å². The SMILES string of the molecule is N#Cc1c(Cl)cccc1OCC=Cc1ccccc1. The van der Waals surface area contributed by atoms with Gasteiger partial charge in [-0.2, -0.15) is 5.26 Å². The number of nitriles is 1. The summed E-state index contributed by atoms with van der Waals surface area (Å²) in [6, 6.07) is 17.2. The highest BCUT2D eigenvalue weighted by molar-refractivity contribution is 6.31. The Bertz CT molecular complexity index is 614. The van der Waals surface area contributed by atoms with E-state index in [1.54, 1.807) is 18.2 Å². The van der Waals surface area contributed by atoms with Crippen LogP contribution in [0.1, 0.15) is 11.1 Å². The number of ether oxygens (including phenoxy) is 1. The Balaban J connectivity index is 1.99. The van der Waals surface area contributed by atoms with E-state index in [2.05, 4.69) is 0 Å². The highest BCUT2D eigenvalue weighted by Crippen LogP contribution is 2.25. The molecule has 2 aromatic carbocycles. The van der Waals surface area contributed by atoms with Gasteiger partial charge in [0.25, 0.3) is 0 Å². The van der Waals surface area contributed by atoms with Gasteiger partial charge in [0.2, 0.25) is 0 Å². The lowest BCUT2D eigenvalue weighted by atomic mass is 10.2. The topological polar surface area (TPSA) is 33.0 Å². The highest BCUT2D eigenvalue weighted by atomic mass is 35.5. The molecule has 2 aromatic rings. The zero-order valence-corrected chi connectivity index (χ0v) is 11.0. The molecule has 0 heterocycles. The second kappa shape index (κ2) is 6.63. The Morgan fingerprint density at radius 1 is 1.11 bits per heavy atom. The van der Waals surface area contributed by atoms with E-state index in [9.17, 15) is 0 Å². The third-order valence-corrected chi connectivity index (χ3v) is 2.85. The molecular weight excluding hydrogens is 258 g/mol. The summed E-state index contributed by atoms with van der Waals surface area (Å²) in [6.07, 6.45) is 3.87. The molecule has 0 aliphatic carbocycles.